The van der Waals surface area contributed by atoms with Crippen molar-refractivity contribution >= 4 is 17.5 Å². The zero-order valence-electron chi connectivity index (χ0n) is 13.6. The Morgan fingerprint density at radius 1 is 1.24 bits per heavy atom. The standard InChI is InChI=1S/C18H17ClN4O2/c1-13(25-17-5-3-2-4-16(17)19)18(24)21-10-14-6-8-15(9-7-14)23-12-20-11-22-23/h2-9,11-13H,10H2,1H3,(H,21,24). The number of rotatable bonds is 6. The van der Waals surface area contributed by atoms with E-state index < -0.39 is 6.10 Å². The van der Waals surface area contributed by atoms with Gasteiger partial charge in [0.15, 0.2) is 6.10 Å². The topological polar surface area (TPSA) is 69.0 Å². The molecule has 1 heterocycles. The summed E-state index contributed by atoms with van der Waals surface area (Å²) in [7, 11) is 0. The lowest BCUT2D eigenvalue weighted by atomic mass is 10.2. The normalized spacial score (nSPS) is 11.8. The molecule has 3 aromatic rings. The highest BCUT2D eigenvalue weighted by Gasteiger charge is 2.15. The van der Waals surface area contributed by atoms with E-state index in [0.717, 1.165) is 11.3 Å². The van der Waals surface area contributed by atoms with Gasteiger partial charge in [-0.3, -0.25) is 4.79 Å². The van der Waals surface area contributed by atoms with Gasteiger partial charge in [-0.2, -0.15) is 5.10 Å². The number of nitrogens with one attached hydrogen (secondary N) is 1. The Morgan fingerprint density at radius 3 is 2.68 bits per heavy atom. The van der Waals surface area contributed by atoms with Crippen LogP contribution in [0.25, 0.3) is 5.69 Å². The zero-order chi connectivity index (χ0) is 17.6. The van der Waals surface area contributed by atoms with Crippen LogP contribution in [0.2, 0.25) is 5.02 Å². The lowest BCUT2D eigenvalue weighted by Crippen LogP contribution is -2.35. The minimum atomic E-state index is -0.644. The van der Waals surface area contributed by atoms with Crippen molar-refractivity contribution in [3.05, 3.63) is 71.8 Å². The lowest BCUT2D eigenvalue weighted by Gasteiger charge is -2.15. The lowest BCUT2D eigenvalue weighted by molar-refractivity contribution is -0.127. The van der Waals surface area contributed by atoms with Crippen molar-refractivity contribution in [3.63, 3.8) is 0 Å². The third kappa shape index (κ3) is 4.36. The number of hydrogen-bond acceptors (Lipinski definition) is 4. The molecule has 1 unspecified atom stereocenters. The van der Waals surface area contributed by atoms with Crippen LogP contribution in [0, 0.1) is 0 Å². The van der Waals surface area contributed by atoms with Crippen molar-refractivity contribution < 1.29 is 9.53 Å². The maximum Gasteiger partial charge on any atom is 0.261 e. The minimum Gasteiger partial charge on any atom is -0.479 e. The van der Waals surface area contributed by atoms with Crippen LogP contribution in [-0.4, -0.2) is 26.8 Å². The van der Waals surface area contributed by atoms with Gasteiger partial charge < -0.3 is 10.1 Å². The van der Waals surface area contributed by atoms with Crippen LogP contribution in [-0.2, 0) is 11.3 Å². The predicted molar refractivity (Wildman–Crippen MR) is 94.7 cm³/mol. The number of carbonyl (C=O) groups is 1. The summed E-state index contributed by atoms with van der Waals surface area (Å²) in [6, 6.07) is 14.8. The first kappa shape index (κ1) is 17.0. The molecule has 3 rings (SSSR count). The summed E-state index contributed by atoms with van der Waals surface area (Å²) in [5, 5.41) is 7.40. The van der Waals surface area contributed by atoms with Crippen molar-refractivity contribution in [2.75, 3.05) is 0 Å². The van der Waals surface area contributed by atoms with Crippen molar-refractivity contribution in [1.29, 1.82) is 0 Å². The first-order valence-corrected chi connectivity index (χ1v) is 8.14. The van der Waals surface area contributed by atoms with E-state index in [1.165, 1.54) is 6.33 Å². The molecule has 7 heteroatoms. The Balaban J connectivity index is 1.54. The average Bonchev–Trinajstić information content (AvgIpc) is 3.16. The van der Waals surface area contributed by atoms with E-state index in [4.69, 9.17) is 16.3 Å². The Morgan fingerprint density at radius 2 is 2.00 bits per heavy atom. The van der Waals surface area contributed by atoms with Crippen molar-refractivity contribution in [2.45, 2.75) is 19.6 Å². The number of nitrogens with zero attached hydrogens (tertiary/aromatic N) is 3. The Labute approximate surface area is 150 Å². The second-order valence-electron chi connectivity index (χ2n) is 5.41. The summed E-state index contributed by atoms with van der Waals surface area (Å²) < 4.78 is 7.27. The summed E-state index contributed by atoms with van der Waals surface area (Å²) >= 11 is 6.03. The van der Waals surface area contributed by atoms with E-state index in [0.29, 0.717) is 17.3 Å². The molecular formula is C18H17ClN4O2. The Kier molecular flexibility index (Phi) is 5.30. The van der Waals surface area contributed by atoms with Crippen LogP contribution in [0.3, 0.4) is 0 Å². The predicted octanol–water partition coefficient (Wildman–Crippen LogP) is 3.00. The quantitative estimate of drug-likeness (QED) is 0.737. The van der Waals surface area contributed by atoms with Gasteiger partial charge in [0, 0.05) is 6.54 Å². The van der Waals surface area contributed by atoms with Gasteiger partial charge in [-0.25, -0.2) is 9.67 Å². The number of benzene rings is 2. The molecule has 0 aliphatic rings. The monoisotopic (exact) mass is 356 g/mol. The van der Waals surface area contributed by atoms with Crippen LogP contribution in [0.4, 0.5) is 0 Å². The van der Waals surface area contributed by atoms with Gasteiger partial charge in [0.25, 0.3) is 5.91 Å². The smallest absolute Gasteiger partial charge is 0.261 e. The van der Waals surface area contributed by atoms with Crippen molar-refractivity contribution in [1.82, 2.24) is 20.1 Å². The summed E-state index contributed by atoms with van der Waals surface area (Å²) in [4.78, 5) is 16.1. The molecule has 2 aromatic carbocycles. The first-order chi connectivity index (χ1) is 12.1. The van der Waals surface area contributed by atoms with Crippen molar-refractivity contribution in [2.24, 2.45) is 0 Å². The molecule has 0 radical (unpaired) electrons. The Hall–Kier alpha value is -2.86. The molecule has 0 aliphatic carbocycles. The van der Waals surface area contributed by atoms with Gasteiger partial charge in [-0.05, 0) is 36.8 Å². The fraction of sp³-hybridized carbons (Fsp3) is 0.167. The van der Waals surface area contributed by atoms with E-state index >= 15 is 0 Å². The number of aromatic nitrogens is 3. The SMILES string of the molecule is CC(Oc1ccccc1Cl)C(=O)NCc1ccc(-n2cncn2)cc1. The molecule has 1 atom stereocenters. The fourth-order valence-electron chi connectivity index (χ4n) is 2.23. The molecule has 1 N–H and O–H groups in total. The highest BCUT2D eigenvalue weighted by molar-refractivity contribution is 6.32. The van der Waals surface area contributed by atoms with E-state index in [-0.39, 0.29) is 5.91 Å². The van der Waals surface area contributed by atoms with Gasteiger partial charge in [-0.15, -0.1) is 0 Å². The third-order valence-corrected chi connectivity index (χ3v) is 3.91. The van der Waals surface area contributed by atoms with Gasteiger partial charge in [0.1, 0.15) is 18.4 Å². The number of para-hydroxylation sites is 1. The third-order valence-electron chi connectivity index (χ3n) is 3.60. The molecule has 1 aromatic heterocycles. The molecular weight excluding hydrogens is 340 g/mol. The summed E-state index contributed by atoms with van der Waals surface area (Å²) in [5.74, 6) is 0.282. The summed E-state index contributed by atoms with van der Waals surface area (Å²) in [5.41, 5.74) is 1.88. The number of ether oxygens (including phenoxy) is 1. The second kappa shape index (κ2) is 7.81. The minimum absolute atomic E-state index is 0.208. The number of amides is 1. The van der Waals surface area contributed by atoms with Crippen LogP contribution >= 0.6 is 11.6 Å². The van der Waals surface area contributed by atoms with E-state index in [2.05, 4.69) is 15.4 Å². The van der Waals surface area contributed by atoms with Gasteiger partial charge >= 0.3 is 0 Å². The molecule has 0 fully saturated rings. The van der Waals surface area contributed by atoms with Crippen LogP contribution in [0.1, 0.15) is 12.5 Å². The van der Waals surface area contributed by atoms with Crippen LogP contribution in [0.15, 0.2) is 61.2 Å². The highest BCUT2D eigenvalue weighted by Crippen LogP contribution is 2.24. The molecule has 0 bridgehead atoms. The molecule has 6 nitrogen and oxygen atoms in total. The van der Waals surface area contributed by atoms with E-state index in [1.54, 1.807) is 30.1 Å². The fourth-order valence-corrected chi connectivity index (χ4v) is 2.41. The molecule has 0 spiro atoms. The van der Waals surface area contributed by atoms with Crippen molar-refractivity contribution in [3.8, 4) is 11.4 Å². The van der Waals surface area contributed by atoms with Gasteiger partial charge in [0.2, 0.25) is 0 Å². The average molecular weight is 357 g/mol. The molecule has 25 heavy (non-hydrogen) atoms. The second-order valence-corrected chi connectivity index (χ2v) is 5.82. The number of hydrogen-bond donors (Lipinski definition) is 1. The maximum absolute atomic E-state index is 12.2. The maximum atomic E-state index is 12.2. The van der Waals surface area contributed by atoms with Crippen LogP contribution < -0.4 is 10.1 Å². The zero-order valence-corrected chi connectivity index (χ0v) is 14.3. The molecule has 128 valence electrons. The summed E-state index contributed by atoms with van der Waals surface area (Å²) in [6.45, 7) is 2.10. The van der Waals surface area contributed by atoms with Crippen LogP contribution in [0.5, 0.6) is 5.75 Å². The molecule has 1 amide bonds. The largest absolute Gasteiger partial charge is 0.479 e. The molecule has 0 saturated carbocycles. The first-order valence-electron chi connectivity index (χ1n) is 7.76. The highest BCUT2D eigenvalue weighted by atomic mass is 35.5. The van der Waals surface area contributed by atoms with E-state index in [1.807, 2.05) is 36.4 Å². The number of carbonyl (C=O) groups excluding carboxylic acids is 1. The molecule has 0 aliphatic heterocycles. The summed E-state index contributed by atoms with van der Waals surface area (Å²) in [6.07, 6.45) is 2.47. The van der Waals surface area contributed by atoms with Gasteiger partial charge in [-0.1, -0.05) is 35.9 Å². The number of halogens is 1. The molecule has 0 saturated heterocycles. The van der Waals surface area contributed by atoms with E-state index in [9.17, 15) is 4.79 Å². The van der Waals surface area contributed by atoms with Gasteiger partial charge in [0.05, 0.1) is 10.7 Å². The Bertz CT molecular complexity index is 835.